The smallest absolute Gasteiger partial charge is 0.263 e. The van der Waals surface area contributed by atoms with Crippen LogP contribution in [-0.4, -0.2) is 35.3 Å². The molecule has 0 aliphatic carbocycles. The van der Waals surface area contributed by atoms with Gasteiger partial charge in [-0.2, -0.15) is 0 Å². The SMILES string of the molecule is Cc1ccc(C(CNC(=O)c2cccn(C)c2=O)OCCO)cc1. The minimum Gasteiger partial charge on any atom is -0.394 e. The molecule has 0 saturated heterocycles. The number of rotatable bonds is 7. The lowest BCUT2D eigenvalue weighted by atomic mass is 10.1. The molecule has 1 atom stereocenters. The van der Waals surface area contributed by atoms with Crippen molar-refractivity contribution in [3.8, 4) is 0 Å². The molecule has 2 N–H and O–H groups in total. The average Bonchev–Trinajstić information content (AvgIpc) is 2.58. The van der Waals surface area contributed by atoms with Crippen LogP contribution in [0.25, 0.3) is 0 Å². The predicted molar refractivity (Wildman–Crippen MR) is 91.0 cm³/mol. The summed E-state index contributed by atoms with van der Waals surface area (Å²) in [6.45, 7) is 2.26. The van der Waals surface area contributed by atoms with E-state index in [9.17, 15) is 9.59 Å². The first-order valence-corrected chi connectivity index (χ1v) is 7.76. The van der Waals surface area contributed by atoms with Gasteiger partial charge >= 0.3 is 0 Å². The number of nitrogens with one attached hydrogen (secondary N) is 1. The van der Waals surface area contributed by atoms with Gasteiger partial charge in [0.15, 0.2) is 0 Å². The third-order valence-electron chi connectivity index (χ3n) is 3.68. The maximum Gasteiger partial charge on any atom is 0.263 e. The number of aromatic nitrogens is 1. The molecule has 0 aliphatic rings. The zero-order valence-electron chi connectivity index (χ0n) is 13.9. The summed E-state index contributed by atoms with van der Waals surface area (Å²) in [4.78, 5) is 24.2. The van der Waals surface area contributed by atoms with Gasteiger partial charge in [-0.05, 0) is 24.6 Å². The van der Waals surface area contributed by atoms with Gasteiger partial charge in [0, 0.05) is 19.8 Å². The predicted octanol–water partition coefficient (Wildman–Crippen LogP) is 1.17. The Morgan fingerprint density at radius 1 is 1.29 bits per heavy atom. The molecule has 1 aromatic carbocycles. The number of pyridine rings is 1. The molecule has 0 radical (unpaired) electrons. The van der Waals surface area contributed by atoms with Gasteiger partial charge in [-0.25, -0.2) is 0 Å². The highest BCUT2D eigenvalue weighted by molar-refractivity contribution is 5.93. The van der Waals surface area contributed by atoms with Crippen LogP contribution in [0.15, 0.2) is 47.4 Å². The minimum atomic E-state index is -0.444. The summed E-state index contributed by atoms with van der Waals surface area (Å²) >= 11 is 0. The van der Waals surface area contributed by atoms with Crippen LogP contribution in [0.2, 0.25) is 0 Å². The zero-order chi connectivity index (χ0) is 17.5. The second-order valence-corrected chi connectivity index (χ2v) is 5.54. The van der Waals surface area contributed by atoms with Crippen LogP contribution < -0.4 is 10.9 Å². The van der Waals surface area contributed by atoms with E-state index in [0.29, 0.717) is 0 Å². The normalized spacial score (nSPS) is 12.0. The maximum absolute atomic E-state index is 12.3. The fourth-order valence-electron chi connectivity index (χ4n) is 2.30. The van der Waals surface area contributed by atoms with Crippen molar-refractivity contribution in [1.82, 2.24) is 9.88 Å². The molecule has 6 nitrogen and oxygen atoms in total. The molecule has 0 aliphatic heterocycles. The number of aliphatic hydroxyl groups excluding tert-OH is 1. The second-order valence-electron chi connectivity index (χ2n) is 5.54. The van der Waals surface area contributed by atoms with Crippen molar-refractivity contribution in [2.24, 2.45) is 7.05 Å². The number of carbonyl (C=O) groups excluding carboxylic acids is 1. The lowest BCUT2D eigenvalue weighted by Gasteiger charge is -2.19. The van der Waals surface area contributed by atoms with E-state index >= 15 is 0 Å². The Morgan fingerprint density at radius 2 is 2.00 bits per heavy atom. The largest absolute Gasteiger partial charge is 0.394 e. The summed E-state index contributed by atoms with van der Waals surface area (Å²) in [5.41, 5.74) is 1.76. The highest BCUT2D eigenvalue weighted by atomic mass is 16.5. The van der Waals surface area contributed by atoms with E-state index in [2.05, 4.69) is 5.32 Å². The van der Waals surface area contributed by atoms with Crippen LogP contribution in [0.4, 0.5) is 0 Å². The highest BCUT2D eigenvalue weighted by Gasteiger charge is 2.16. The summed E-state index contributed by atoms with van der Waals surface area (Å²) < 4.78 is 6.97. The number of nitrogens with zero attached hydrogens (tertiary/aromatic N) is 1. The third-order valence-corrected chi connectivity index (χ3v) is 3.68. The maximum atomic E-state index is 12.3. The van der Waals surface area contributed by atoms with Crippen molar-refractivity contribution in [3.63, 3.8) is 0 Å². The van der Waals surface area contributed by atoms with Gasteiger partial charge in [-0.15, -0.1) is 0 Å². The third kappa shape index (κ3) is 4.53. The van der Waals surface area contributed by atoms with Gasteiger partial charge in [-0.3, -0.25) is 9.59 Å². The fraction of sp³-hybridized carbons (Fsp3) is 0.333. The fourth-order valence-corrected chi connectivity index (χ4v) is 2.30. The molecule has 0 saturated carbocycles. The summed E-state index contributed by atoms with van der Waals surface area (Å²) in [6, 6.07) is 10.9. The number of carbonyl (C=O) groups is 1. The lowest BCUT2D eigenvalue weighted by molar-refractivity contribution is 0.0277. The monoisotopic (exact) mass is 330 g/mol. The molecule has 1 unspecified atom stereocenters. The molecule has 2 aromatic rings. The molecule has 0 bridgehead atoms. The second kappa shape index (κ2) is 8.42. The molecule has 1 aromatic heterocycles. The number of hydrogen-bond donors (Lipinski definition) is 2. The van der Waals surface area contributed by atoms with Crippen molar-refractivity contribution in [1.29, 1.82) is 0 Å². The molecule has 6 heteroatoms. The highest BCUT2D eigenvalue weighted by Crippen LogP contribution is 2.17. The molecular formula is C18H22N2O4. The van der Waals surface area contributed by atoms with E-state index in [4.69, 9.17) is 9.84 Å². The number of amides is 1. The zero-order valence-corrected chi connectivity index (χ0v) is 13.9. The van der Waals surface area contributed by atoms with Crippen LogP contribution in [0.5, 0.6) is 0 Å². The molecule has 24 heavy (non-hydrogen) atoms. The lowest BCUT2D eigenvalue weighted by Crippen LogP contribution is -2.34. The van der Waals surface area contributed by atoms with E-state index in [0.717, 1.165) is 11.1 Å². The Hall–Kier alpha value is -2.44. The van der Waals surface area contributed by atoms with Gasteiger partial charge in [0.2, 0.25) is 0 Å². The average molecular weight is 330 g/mol. The number of aryl methyl sites for hydroxylation is 2. The van der Waals surface area contributed by atoms with Crippen LogP contribution in [0.3, 0.4) is 0 Å². The van der Waals surface area contributed by atoms with Gasteiger partial charge in [-0.1, -0.05) is 29.8 Å². The first-order chi connectivity index (χ1) is 11.5. The van der Waals surface area contributed by atoms with Crippen LogP contribution >= 0.6 is 0 Å². The Balaban J connectivity index is 2.09. The number of hydrogen-bond acceptors (Lipinski definition) is 4. The Bertz CT molecular complexity index is 737. The molecule has 128 valence electrons. The first kappa shape index (κ1) is 17.9. The van der Waals surface area contributed by atoms with Crippen LogP contribution in [-0.2, 0) is 11.8 Å². The topological polar surface area (TPSA) is 80.6 Å². The Kier molecular flexibility index (Phi) is 6.28. The molecule has 1 heterocycles. The van der Waals surface area contributed by atoms with E-state index in [1.807, 2.05) is 31.2 Å². The molecule has 2 rings (SSSR count). The number of aliphatic hydroxyl groups is 1. The number of ether oxygens (including phenoxy) is 1. The van der Waals surface area contributed by atoms with Crippen molar-refractivity contribution < 1.29 is 14.6 Å². The van der Waals surface area contributed by atoms with Gasteiger partial charge < -0.3 is 19.7 Å². The molecular weight excluding hydrogens is 308 g/mol. The minimum absolute atomic E-state index is 0.0878. The van der Waals surface area contributed by atoms with Crippen LogP contribution in [0, 0.1) is 6.92 Å². The van der Waals surface area contributed by atoms with E-state index in [-0.39, 0.29) is 30.9 Å². The van der Waals surface area contributed by atoms with E-state index in [1.54, 1.807) is 19.3 Å². The molecule has 0 spiro atoms. The van der Waals surface area contributed by atoms with Crippen molar-refractivity contribution in [3.05, 3.63) is 69.6 Å². The quantitative estimate of drug-likeness (QED) is 0.799. The standard InChI is InChI=1S/C18H22N2O4/c1-13-5-7-14(8-6-13)16(24-11-10-21)12-19-17(22)15-4-3-9-20(2)18(15)23/h3-9,16,21H,10-12H2,1-2H3,(H,19,22). The van der Waals surface area contributed by atoms with Crippen molar-refractivity contribution in [2.75, 3.05) is 19.8 Å². The van der Waals surface area contributed by atoms with Gasteiger partial charge in [0.25, 0.3) is 11.5 Å². The summed E-state index contributed by atoms with van der Waals surface area (Å²) in [5, 5.41) is 11.7. The van der Waals surface area contributed by atoms with Crippen molar-refractivity contribution >= 4 is 5.91 Å². The molecule has 1 amide bonds. The van der Waals surface area contributed by atoms with Crippen molar-refractivity contribution in [2.45, 2.75) is 13.0 Å². The van der Waals surface area contributed by atoms with E-state index < -0.39 is 12.0 Å². The van der Waals surface area contributed by atoms with Gasteiger partial charge in [0.1, 0.15) is 5.56 Å². The molecule has 0 fully saturated rings. The van der Waals surface area contributed by atoms with E-state index in [1.165, 1.54) is 10.6 Å². The summed E-state index contributed by atoms with van der Waals surface area (Å²) in [7, 11) is 1.60. The van der Waals surface area contributed by atoms with Crippen LogP contribution in [0.1, 0.15) is 27.6 Å². The summed E-state index contributed by atoms with van der Waals surface area (Å²) in [5.74, 6) is -0.444. The Morgan fingerprint density at radius 3 is 2.67 bits per heavy atom. The number of benzene rings is 1. The first-order valence-electron chi connectivity index (χ1n) is 7.76. The summed E-state index contributed by atoms with van der Waals surface area (Å²) in [6.07, 6.45) is 1.20. The van der Waals surface area contributed by atoms with Gasteiger partial charge in [0.05, 0.1) is 19.3 Å². The Labute approximate surface area is 140 Å².